The first kappa shape index (κ1) is 13.4. The lowest BCUT2D eigenvalue weighted by Crippen LogP contribution is -2.09. The van der Waals surface area contributed by atoms with E-state index >= 15 is 0 Å². The smallest absolute Gasteiger partial charge is 0.0928 e. The quantitative estimate of drug-likeness (QED) is 0.640. The summed E-state index contributed by atoms with van der Waals surface area (Å²) in [5, 5.41) is 1.99. The van der Waals surface area contributed by atoms with Gasteiger partial charge < -0.3 is 5.43 Å². The number of nitrogens with two attached hydrogens (primary N) is 1. The van der Waals surface area contributed by atoms with Crippen molar-refractivity contribution in [1.82, 2.24) is 4.98 Å². The fourth-order valence-electron chi connectivity index (χ4n) is 1.89. The average molecular weight is 284 g/mol. The molecule has 5 heteroatoms. The van der Waals surface area contributed by atoms with Crippen LogP contribution in [0.3, 0.4) is 0 Å². The van der Waals surface area contributed by atoms with Crippen molar-refractivity contribution in [2.24, 2.45) is 5.84 Å². The maximum atomic E-state index is 6.32. The minimum atomic E-state index is 0.289. The minimum absolute atomic E-state index is 0.289. The Balaban J connectivity index is 2.91. The standard InChI is InChI=1S/C13H15Cl2N3/c1-6(2)9-5-10(18-16)11-12(15)7(3)4-8(14)13(11)17-9/h4-6H,16H2,1-3H3,(H,17,18). The minimum Gasteiger partial charge on any atom is -0.323 e. The summed E-state index contributed by atoms with van der Waals surface area (Å²) in [4.78, 5) is 4.57. The largest absolute Gasteiger partial charge is 0.323 e. The number of nitrogen functional groups attached to an aromatic ring is 1. The van der Waals surface area contributed by atoms with Gasteiger partial charge in [0, 0.05) is 11.1 Å². The molecule has 0 fully saturated rings. The number of nitrogens with one attached hydrogen (secondary N) is 1. The summed E-state index contributed by atoms with van der Waals surface area (Å²) in [6.45, 7) is 6.04. The number of anilines is 1. The van der Waals surface area contributed by atoms with E-state index in [9.17, 15) is 0 Å². The predicted octanol–water partition coefficient (Wildman–Crippen LogP) is 4.26. The summed E-state index contributed by atoms with van der Waals surface area (Å²) < 4.78 is 0. The van der Waals surface area contributed by atoms with Gasteiger partial charge in [0.05, 0.1) is 21.2 Å². The molecule has 1 aromatic heterocycles. The van der Waals surface area contributed by atoms with Gasteiger partial charge in [-0.25, -0.2) is 0 Å². The molecule has 3 nitrogen and oxygen atoms in total. The van der Waals surface area contributed by atoms with Gasteiger partial charge in [0.1, 0.15) is 0 Å². The highest BCUT2D eigenvalue weighted by molar-refractivity contribution is 6.41. The van der Waals surface area contributed by atoms with E-state index in [-0.39, 0.29) is 5.92 Å². The van der Waals surface area contributed by atoms with E-state index in [1.807, 2.05) is 19.1 Å². The van der Waals surface area contributed by atoms with Crippen molar-refractivity contribution in [2.45, 2.75) is 26.7 Å². The van der Waals surface area contributed by atoms with E-state index in [1.54, 1.807) is 0 Å². The molecular weight excluding hydrogens is 269 g/mol. The van der Waals surface area contributed by atoms with Crippen LogP contribution in [0, 0.1) is 6.92 Å². The molecule has 3 N–H and O–H groups in total. The van der Waals surface area contributed by atoms with Gasteiger partial charge in [-0.1, -0.05) is 37.0 Å². The topological polar surface area (TPSA) is 50.9 Å². The lowest BCUT2D eigenvalue weighted by molar-refractivity contribution is 0.830. The molecule has 2 aromatic rings. The molecule has 0 aliphatic carbocycles. The Hall–Kier alpha value is -1.03. The summed E-state index contributed by atoms with van der Waals surface area (Å²) in [7, 11) is 0. The molecule has 0 aliphatic heterocycles. The van der Waals surface area contributed by atoms with Gasteiger partial charge in [0.15, 0.2) is 0 Å². The van der Waals surface area contributed by atoms with E-state index in [0.717, 1.165) is 22.3 Å². The molecule has 0 bridgehead atoms. The van der Waals surface area contributed by atoms with Crippen molar-refractivity contribution in [2.75, 3.05) is 5.43 Å². The number of fused-ring (bicyclic) bond motifs is 1. The van der Waals surface area contributed by atoms with E-state index in [2.05, 4.69) is 24.3 Å². The molecule has 0 atom stereocenters. The van der Waals surface area contributed by atoms with E-state index in [4.69, 9.17) is 29.0 Å². The van der Waals surface area contributed by atoms with Crippen LogP contribution in [-0.4, -0.2) is 4.98 Å². The molecule has 1 heterocycles. The third-order valence-corrected chi connectivity index (χ3v) is 3.70. The zero-order valence-corrected chi connectivity index (χ0v) is 12.0. The van der Waals surface area contributed by atoms with Gasteiger partial charge >= 0.3 is 0 Å². The molecule has 0 saturated heterocycles. The number of nitrogens with zero attached hydrogens (tertiary/aromatic N) is 1. The van der Waals surface area contributed by atoms with Crippen molar-refractivity contribution in [1.29, 1.82) is 0 Å². The summed E-state index contributed by atoms with van der Waals surface area (Å²) in [5.41, 5.74) is 5.95. The number of benzene rings is 1. The third-order valence-electron chi connectivity index (χ3n) is 2.92. The lowest BCUT2D eigenvalue weighted by Gasteiger charge is -2.14. The lowest BCUT2D eigenvalue weighted by atomic mass is 10.0. The number of pyridine rings is 1. The Morgan fingerprint density at radius 1 is 1.28 bits per heavy atom. The first-order valence-electron chi connectivity index (χ1n) is 5.71. The van der Waals surface area contributed by atoms with Gasteiger partial charge in [0.2, 0.25) is 0 Å². The predicted molar refractivity (Wildman–Crippen MR) is 78.4 cm³/mol. The van der Waals surface area contributed by atoms with Crippen LogP contribution in [0.1, 0.15) is 31.0 Å². The summed E-state index contributed by atoms with van der Waals surface area (Å²) in [6, 6.07) is 3.73. The van der Waals surface area contributed by atoms with Crippen molar-refractivity contribution >= 4 is 39.8 Å². The zero-order valence-electron chi connectivity index (χ0n) is 10.5. The summed E-state index contributed by atoms with van der Waals surface area (Å²) >= 11 is 12.6. The molecule has 0 saturated carbocycles. The second-order valence-electron chi connectivity index (χ2n) is 4.61. The van der Waals surface area contributed by atoms with E-state index in [1.165, 1.54) is 0 Å². The van der Waals surface area contributed by atoms with Gasteiger partial charge in [-0.3, -0.25) is 10.8 Å². The highest BCUT2D eigenvalue weighted by Gasteiger charge is 2.15. The van der Waals surface area contributed by atoms with Crippen molar-refractivity contribution < 1.29 is 0 Å². The molecule has 0 radical (unpaired) electrons. The molecule has 2 rings (SSSR count). The van der Waals surface area contributed by atoms with Crippen molar-refractivity contribution in [3.8, 4) is 0 Å². The number of hydrogen-bond donors (Lipinski definition) is 2. The Labute approximate surface area is 116 Å². The van der Waals surface area contributed by atoms with Gasteiger partial charge in [-0.2, -0.15) is 0 Å². The second-order valence-corrected chi connectivity index (χ2v) is 5.39. The van der Waals surface area contributed by atoms with E-state index < -0.39 is 0 Å². The fraction of sp³-hybridized carbons (Fsp3) is 0.308. The number of rotatable bonds is 2. The highest BCUT2D eigenvalue weighted by atomic mass is 35.5. The number of hydrogen-bond acceptors (Lipinski definition) is 3. The van der Waals surface area contributed by atoms with Crippen LogP contribution in [0.5, 0.6) is 0 Å². The second kappa shape index (κ2) is 4.92. The van der Waals surface area contributed by atoms with Crippen molar-refractivity contribution in [3.05, 3.63) is 33.4 Å². The first-order valence-corrected chi connectivity index (χ1v) is 6.47. The SMILES string of the molecule is Cc1cc(Cl)c2nc(C(C)C)cc(NN)c2c1Cl. The van der Waals surface area contributed by atoms with Crippen LogP contribution >= 0.6 is 23.2 Å². The number of aromatic nitrogens is 1. The summed E-state index contributed by atoms with van der Waals surface area (Å²) in [6.07, 6.45) is 0. The van der Waals surface area contributed by atoms with Crippen LogP contribution in [0.2, 0.25) is 10.0 Å². The van der Waals surface area contributed by atoms with Crippen molar-refractivity contribution in [3.63, 3.8) is 0 Å². The maximum Gasteiger partial charge on any atom is 0.0928 e. The number of halogens is 2. The first-order chi connectivity index (χ1) is 8.45. The third kappa shape index (κ3) is 2.14. The molecule has 0 unspecified atom stereocenters. The number of hydrazine groups is 1. The fourth-order valence-corrected chi connectivity index (χ4v) is 2.43. The Morgan fingerprint density at radius 2 is 1.94 bits per heavy atom. The highest BCUT2D eigenvalue weighted by Crippen LogP contribution is 2.37. The van der Waals surface area contributed by atoms with Crippen LogP contribution < -0.4 is 11.3 Å². The maximum absolute atomic E-state index is 6.32. The summed E-state index contributed by atoms with van der Waals surface area (Å²) in [5.74, 6) is 5.86. The van der Waals surface area contributed by atoms with Crippen LogP contribution in [-0.2, 0) is 0 Å². The average Bonchev–Trinajstić information content (AvgIpc) is 2.34. The van der Waals surface area contributed by atoms with Crippen LogP contribution in [0.4, 0.5) is 5.69 Å². The Morgan fingerprint density at radius 3 is 2.50 bits per heavy atom. The number of aryl methyl sites for hydroxylation is 1. The Bertz CT molecular complexity index is 609. The normalized spacial score (nSPS) is 11.3. The molecule has 18 heavy (non-hydrogen) atoms. The van der Waals surface area contributed by atoms with Gasteiger partial charge in [0.25, 0.3) is 0 Å². The van der Waals surface area contributed by atoms with E-state index in [0.29, 0.717) is 15.6 Å². The Kier molecular flexibility index (Phi) is 3.66. The molecule has 1 aromatic carbocycles. The molecular formula is C13H15Cl2N3. The molecule has 0 aliphatic rings. The molecule has 0 amide bonds. The molecule has 0 spiro atoms. The van der Waals surface area contributed by atoms with Crippen LogP contribution in [0.15, 0.2) is 12.1 Å². The monoisotopic (exact) mass is 283 g/mol. The molecule has 96 valence electrons. The van der Waals surface area contributed by atoms with Gasteiger partial charge in [-0.05, 0) is 30.5 Å². The van der Waals surface area contributed by atoms with Crippen LogP contribution in [0.25, 0.3) is 10.9 Å². The zero-order chi connectivity index (χ0) is 13.4. The van der Waals surface area contributed by atoms with Gasteiger partial charge in [-0.15, -0.1) is 0 Å².